The molecule has 0 aromatic heterocycles. The molecular weight excluding hydrogens is 239 g/mol. The van der Waals surface area contributed by atoms with Crippen molar-refractivity contribution in [1.82, 2.24) is 0 Å². The molecule has 0 saturated heterocycles. The normalized spacial score (nSPS) is 27.6. The lowest BCUT2D eigenvalue weighted by Crippen LogP contribution is -2.44. The first kappa shape index (κ1) is 11.9. The summed E-state index contributed by atoms with van der Waals surface area (Å²) < 4.78 is 13.9. The molecule has 0 fully saturated rings. The predicted molar refractivity (Wildman–Crippen MR) is 69.0 cm³/mol. The minimum Gasteiger partial charge on any atom is -0.386 e. The summed E-state index contributed by atoms with van der Waals surface area (Å²) in [4.78, 5) is -1.54. The molecule has 4 heteroatoms. The van der Waals surface area contributed by atoms with Crippen LogP contribution >= 0.6 is 11.6 Å². The van der Waals surface area contributed by atoms with Gasteiger partial charge in [0.25, 0.3) is 0 Å². The van der Waals surface area contributed by atoms with Gasteiger partial charge in [0.15, 0.2) is 4.87 Å². The lowest BCUT2D eigenvalue weighted by molar-refractivity contribution is 0.379. The zero-order valence-electron chi connectivity index (χ0n) is 9.03. The van der Waals surface area contributed by atoms with Crippen molar-refractivity contribution in [2.24, 2.45) is 5.73 Å². The van der Waals surface area contributed by atoms with Gasteiger partial charge in [-0.25, -0.2) is 4.39 Å². The molecule has 2 rings (SSSR count). The molecule has 2 atom stereocenters. The summed E-state index contributed by atoms with van der Waals surface area (Å²) in [5.74, 6) is -0.383. The Hall–Kier alpha value is -1.61. The number of benzene rings is 1. The number of alkyl halides is 2. The van der Waals surface area contributed by atoms with Gasteiger partial charge in [0.05, 0.1) is 0 Å². The Balaban J connectivity index is 2.34. The molecule has 0 saturated carbocycles. The van der Waals surface area contributed by atoms with Crippen LogP contribution in [0.4, 0.5) is 4.39 Å². The van der Waals surface area contributed by atoms with Crippen LogP contribution in [-0.4, -0.2) is 16.9 Å². The van der Waals surface area contributed by atoms with Crippen molar-refractivity contribution in [3.05, 3.63) is 54.1 Å². The van der Waals surface area contributed by atoms with Gasteiger partial charge in [-0.1, -0.05) is 42.5 Å². The van der Waals surface area contributed by atoms with Crippen LogP contribution < -0.4 is 5.73 Å². The predicted octanol–water partition coefficient (Wildman–Crippen LogP) is 2.89. The van der Waals surface area contributed by atoms with Gasteiger partial charge in [-0.2, -0.15) is 0 Å². The van der Waals surface area contributed by atoms with Gasteiger partial charge in [0.1, 0.15) is 12.0 Å². The fourth-order valence-electron chi connectivity index (χ4n) is 1.70. The molecule has 0 heterocycles. The van der Waals surface area contributed by atoms with E-state index in [9.17, 15) is 4.39 Å². The molecule has 1 aromatic carbocycles. The molecule has 2 unspecified atom stereocenters. The average Bonchev–Trinajstić information content (AvgIpc) is 2.33. The molecular formula is C13H12ClFN2. The van der Waals surface area contributed by atoms with E-state index in [2.05, 4.69) is 0 Å². The van der Waals surface area contributed by atoms with Crippen LogP contribution in [0.25, 0.3) is 5.57 Å². The second-order valence-electron chi connectivity index (χ2n) is 3.90. The van der Waals surface area contributed by atoms with Gasteiger partial charge >= 0.3 is 0 Å². The van der Waals surface area contributed by atoms with E-state index in [0.717, 1.165) is 11.1 Å². The van der Waals surface area contributed by atoms with E-state index >= 15 is 0 Å². The van der Waals surface area contributed by atoms with Crippen LogP contribution in [0.3, 0.4) is 0 Å². The fourth-order valence-corrected chi connectivity index (χ4v) is 1.82. The number of hydrogen-bond donors (Lipinski definition) is 2. The summed E-state index contributed by atoms with van der Waals surface area (Å²) in [7, 11) is 0. The van der Waals surface area contributed by atoms with E-state index in [4.69, 9.17) is 22.7 Å². The first-order valence-corrected chi connectivity index (χ1v) is 5.56. The number of amidine groups is 1. The highest BCUT2D eigenvalue weighted by Crippen LogP contribution is 2.33. The van der Waals surface area contributed by atoms with E-state index in [1.165, 1.54) is 12.2 Å². The van der Waals surface area contributed by atoms with Crippen LogP contribution in [0, 0.1) is 5.41 Å². The maximum absolute atomic E-state index is 13.9. The van der Waals surface area contributed by atoms with Crippen LogP contribution in [0.1, 0.15) is 5.56 Å². The van der Waals surface area contributed by atoms with Gasteiger partial charge in [0.2, 0.25) is 0 Å². The van der Waals surface area contributed by atoms with Gasteiger partial charge in [-0.15, -0.1) is 11.6 Å². The van der Waals surface area contributed by atoms with Crippen molar-refractivity contribution in [3.63, 3.8) is 0 Å². The fraction of sp³-hybridized carbons (Fsp3) is 0.154. The second kappa shape index (κ2) is 4.34. The molecule has 3 N–H and O–H groups in total. The monoisotopic (exact) mass is 250 g/mol. The van der Waals surface area contributed by atoms with Gasteiger partial charge in [-0.3, -0.25) is 5.41 Å². The van der Waals surface area contributed by atoms with Gasteiger partial charge in [0, 0.05) is 0 Å². The maximum atomic E-state index is 13.9. The summed E-state index contributed by atoms with van der Waals surface area (Å²) in [6, 6.07) is 9.43. The Bertz CT molecular complexity index is 495. The van der Waals surface area contributed by atoms with Crippen LogP contribution in [0.2, 0.25) is 0 Å². The maximum Gasteiger partial charge on any atom is 0.154 e. The molecule has 0 spiro atoms. The number of nitrogens with one attached hydrogen (secondary N) is 1. The summed E-state index contributed by atoms with van der Waals surface area (Å²) in [6.07, 6.45) is 3.02. The molecule has 2 nitrogen and oxygen atoms in total. The van der Waals surface area contributed by atoms with Crippen molar-refractivity contribution < 1.29 is 4.39 Å². The Labute approximate surface area is 104 Å². The SMILES string of the molecule is N=C(N)C1(Cl)C=CC(c2ccccc2)=CC1F. The van der Waals surface area contributed by atoms with E-state index in [0.29, 0.717) is 0 Å². The lowest BCUT2D eigenvalue weighted by atomic mass is 9.90. The van der Waals surface area contributed by atoms with Crippen molar-refractivity contribution >= 4 is 23.0 Å². The largest absolute Gasteiger partial charge is 0.386 e. The van der Waals surface area contributed by atoms with Gasteiger partial charge in [-0.05, 0) is 17.2 Å². The smallest absolute Gasteiger partial charge is 0.154 e. The topological polar surface area (TPSA) is 49.9 Å². The van der Waals surface area contributed by atoms with E-state index in [1.54, 1.807) is 6.08 Å². The quantitative estimate of drug-likeness (QED) is 0.473. The van der Waals surface area contributed by atoms with E-state index < -0.39 is 11.0 Å². The Morgan fingerprint density at radius 3 is 2.53 bits per heavy atom. The Morgan fingerprint density at radius 2 is 2.00 bits per heavy atom. The molecule has 0 aliphatic heterocycles. The molecule has 88 valence electrons. The van der Waals surface area contributed by atoms with Crippen molar-refractivity contribution in [2.75, 3.05) is 0 Å². The van der Waals surface area contributed by atoms with Crippen molar-refractivity contribution in [2.45, 2.75) is 11.0 Å². The Morgan fingerprint density at radius 1 is 1.35 bits per heavy atom. The number of rotatable bonds is 2. The number of halogens is 2. The lowest BCUT2D eigenvalue weighted by Gasteiger charge is -2.27. The zero-order chi connectivity index (χ0) is 12.5. The number of hydrogen-bond acceptors (Lipinski definition) is 1. The van der Waals surface area contributed by atoms with Gasteiger partial charge < -0.3 is 5.73 Å². The summed E-state index contributed by atoms with van der Waals surface area (Å²) in [5, 5.41) is 7.31. The molecule has 0 amide bonds. The zero-order valence-corrected chi connectivity index (χ0v) is 9.79. The number of nitrogens with two attached hydrogens (primary N) is 1. The third kappa shape index (κ3) is 2.11. The first-order chi connectivity index (χ1) is 8.04. The van der Waals surface area contributed by atoms with Crippen molar-refractivity contribution in [1.29, 1.82) is 5.41 Å². The Kier molecular flexibility index (Phi) is 3.03. The van der Waals surface area contributed by atoms with Crippen LogP contribution in [0.5, 0.6) is 0 Å². The summed E-state index contributed by atoms with van der Waals surface area (Å²) in [5.41, 5.74) is 6.96. The number of allylic oxidation sites excluding steroid dienone is 3. The highest BCUT2D eigenvalue weighted by atomic mass is 35.5. The molecule has 1 aliphatic carbocycles. The molecule has 0 bridgehead atoms. The summed E-state index contributed by atoms with van der Waals surface area (Å²) >= 11 is 5.96. The standard InChI is InChI=1S/C13H12ClFN2/c14-13(12(16)17)7-6-10(8-11(13)15)9-4-2-1-3-5-9/h1-8,11H,(H3,16,17). The molecule has 17 heavy (non-hydrogen) atoms. The second-order valence-corrected chi connectivity index (χ2v) is 4.53. The molecule has 1 aliphatic rings. The third-order valence-corrected chi connectivity index (χ3v) is 3.29. The highest BCUT2D eigenvalue weighted by molar-refractivity contribution is 6.37. The minimum absolute atomic E-state index is 0.383. The van der Waals surface area contributed by atoms with E-state index in [-0.39, 0.29) is 5.84 Å². The van der Waals surface area contributed by atoms with Crippen LogP contribution in [0.15, 0.2) is 48.6 Å². The molecule has 1 aromatic rings. The molecule has 0 radical (unpaired) electrons. The highest BCUT2D eigenvalue weighted by Gasteiger charge is 2.39. The third-order valence-electron chi connectivity index (χ3n) is 2.75. The van der Waals surface area contributed by atoms with Crippen LogP contribution in [-0.2, 0) is 0 Å². The van der Waals surface area contributed by atoms with Crippen molar-refractivity contribution in [3.8, 4) is 0 Å². The summed E-state index contributed by atoms with van der Waals surface area (Å²) in [6.45, 7) is 0. The first-order valence-electron chi connectivity index (χ1n) is 5.18. The minimum atomic E-state index is -1.54. The van der Waals surface area contributed by atoms with E-state index in [1.807, 2.05) is 30.3 Å². The average molecular weight is 251 g/mol.